The second kappa shape index (κ2) is 8.15. The van der Waals surface area contributed by atoms with Gasteiger partial charge in [-0.15, -0.1) is 0 Å². The van der Waals surface area contributed by atoms with Crippen molar-refractivity contribution in [2.75, 3.05) is 33.0 Å². The maximum absolute atomic E-state index is 12.4. The normalized spacial score (nSPS) is 16.8. The maximum Gasteiger partial charge on any atom is 0.282 e. The average Bonchev–Trinajstić information content (AvgIpc) is 3.37. The Bertz CT molecular complexity index is 775. The van der Waals surface area contributed by atoms with E-state index < -0.39 is 16.1 Å². The number of carbonyl (C=O) groups is 2. The Labute approximate surface area is 154 Å². The van der Waals surface area contributed by atoms with E-state index >= 15 is 0 Å². The third-order valence-electron chi connectivity index (χ3n) is 4.39. The van der Waals surface area contributed by atoms with Crippen LogP contribution in [-0.2, 0) is 19.6 Å². The van der Waals surface area contributed by atoms with E-state index in [1.807, 2.05) is 0 Å². The number of benzene rings is 1. The molecule has 144 valence electrons. The predicted octanol–water partition coefficient (Wildman–Crippen LogP) is -0.943. The number of nitrogens with zero attached hydrogens (tertiary/aromatic N) is 1. The highest BCUT2D eigenvalue weighted by Gasteiger charge is 2.28. The number of hydrogen-bond donors (Lipinski definition) is 3. The molecule has 0 saturated heterocycles. The molecule has 1 fully saturated rings. The van der Waals surface area contributed by atoms with Crippen LogP contribution in [0.3, 0.4) is 0 Å². The van der Waals surface area contributed by atoms with Crippen molar-refractivity contribution in [1.29, 1.82) is 0 Å². The number of sulfonamides is 1. The summed E-state index contributed by atoms with van der Waals surface area (Å²) < 4.78 is 25.5. The average molecular weight is 383 g/mol. The van der Waals surface area contributed by atoms with Gasteiger partial charge in [0.25, 0.3) is 11.8 Å². The number of quaternary nitrogens is 1. The number of likely N-dealkylation sites (N-methyl/N-ethyl adjacent to an activating group) is 1. The van der Waals surface area contributed by atoms with Crippen molar-refractivity contribution in [3.05, 3.63) is 24.3 Å². The SMILES string of the molecule is C[C@@H](C(=O)Nc1cccc(S(=O)(=O)N(C)C)c1)[NH+](C)CC(=O)NC1CC1. The number of anilines is 1. The quantitative estimate of drug-likeness (QED) is 0.539. The van der Waals surface area contributed by atoms with E-state index in [0.717, 1.165) is 22.0 Å². The number of amides is 2. The fourth-order valence-electron chi connectivity index (χ4n) is 2.33. The summed E-state index contributed by atoms with van der Waals surface area (Å²) in [5.41, 5.74) is 0.403. The molecule has 26 heavy (non-hydrogen) atoms. The van der Waals surface area contributed by atoms with Gasteiger partial charge in [0.15, 0.2) is 12.6 Å². The molecule has 9 heteroatoms. The summed E-state index contributed by atoms with van der Waals surface area (Å²) in [4.78, 5) is 25.2. The molecule has 1 unspecified atom stereocenters. The van der Waals surface area contributed by atoms with Crippen LogP contribution in [0.15, 0.2) is 29.2 Å². The molecule has 8 nitrogen and oxygen atoms in total. The molecule has 1 aromatic carbocycles. The van der Waals surface area contributed by atoms with Crippen LogP contribution in [0.2, 0.25) is 0 Å². The molecular formula is C17H27N4O4S+. The molecule has 0 aliphatic heterocycles. The number of rotatable bonds is 8. The summed E-state index contributed by atoms with van der Waals surface area (Å²) in [7, 11) is 1.12. The Hall–Kier alpha value is -1.97. The topological polar surface area (TPSA) is 100 Å². The van der Waals surface area contributed by atoms with Crippen molar-refractivity contribution in [2.24, 2.45) is 0 Å². The summed E-state index contributed by atoms with van der Waals surface area (Å²) in [5.74, 6) is -0.343. The minimum Gasteiger partial charge on any atom is -0.348 e. The number of nitrogens with one attached hydrogen (secondary N) is 3. The molecule has 0 radical (unpaired) electrons. The highest BCUT2D eigenvalue weighted by atomic mass is 32.2. The lowest BCUT2D eigenvalue weighted by atomic mass is 10.2. The Morgan fingerprint density at radius 2 is 1.96 bits per heavy atom. The molecule has 2 rings (SSSR count). The zero-order valence-corrected chi connectivity index (χ0v) is 16.4. The number of hydrogen-bond acceptors (Lipinski definition) is 4. The van der Waals surface area contributed by atoms with Gasteiger partial charge >= 0.3 is 0 Å². The van der Waals surface area contributed by atoms with E-state index in [-0.39, 0.29) is 23.3 Å². The Morgan fingerprint density at radius 3 is 2.54 bits per heavy atom. The summed E-state index contributed by atoms with van der Waals surface area (Å²) in [6.07, 6.45) is 2.04. The van der Waals surface area contributed by atoms with E-state index in [1.165, 1.54) is 26.2 Å². The van der Waals surface area contributed by atoms with E-state index in [4.69, 9.17) is 0 Å². The van der Waals surface area contributed by atoms with Crippen LogP contribution in [0, 0.1) is 0 Å². The van der Waals surface area contributed by atoms with Crippen molar-refractivity contribution in [3.8, 4) is 0 Å². The van der Waals surface area contributed by atoms with E-state index in [0.29, 0.717) is 11.7 Å². The van der Waals surface area contributed by atoms with Gasteiger partial charge in [-0.05, 0) is 38.0 Å². The molecule has 0 spiro atoms. The summed E-state index contributed by atoms with van der Waals surface area (Å²) in [5, 5.41) is 5.63. The second-order valence-corrected chi connectivity index (χ2v) is 9.04. The van der Waals surface area contributed by atoms with Gasteiger partial charge < -0.3 is 15.5 Å². The Balaban J connectivity index is 1.98. The van der Waals surface area contributed by atoms with Crippen molar-refractivity contribution >= 4 is 27.5 Å². The molecule has 0 aromatic heterocycles. The Kier molecular flexibility index (Phi) is 6.38. The van der Waals surface area contributed by atoms with Crippen LogP contribution in [0.4, 0.5) is 5.69 Å². The molecule has 0 bridgehead atoms. The van der Waals surface area contributed by atoms with Gasteiger partial charge in [0.1, 0.15) is 0 Å². The predicted molar refractivity (Wildman–Crippen MR) is 98.3 cm³/mol. The Morgan fingerprint density at radius 1 is 1.31 bits per heavy atom. The van der Waals surface area contributed by atoms with Gasteiger partial charge in [0.2, 0.25) is 10.0 Å². The zero-order valence-electron chi connectivity index (χ0n) is 15.6. The van der Waals surface area contributed by atoms with Crippen LogP contribution in [0.1, 0.15) is 19.8 Å². The van der Waals surface area contributed by atoms with Crippen molar-refractivity contribution in [2.45, 2.75) is 36.7 Å². The van der Waals surface area contributed by atoms with Crippen molar-refractivity contribution in [3.63, 3.8) is 0 Å². The lowest BCUT2D eigenvalue weighted by Gasteiger charge is -2.21. The third-order valence-corrected chi connectivity index (χ3v) is 6.21. The highest BCUT2D eigenvalue weighted by Crippen LogP contribution is 2.18. The summed E-state index contributed by atoms with van der Waals surface area (Å²) in [6, 6.07) is 5.95. The minimum atomic E-state index is -3.57. The van der Waals surface area contributed by atoms with E-state index in [1.54, 1.807) is 26.1 Å². The van der Waals surface area contributed by atoms with Crippen molar-refractivity contribution in [1.82, 2.24) is 9.62 Å². The summed E-state index contributed by atoms with van der Waals surface area (Å²) in [6.45, 7) is 1.94. The fraction of sp³-hybridized carbons (Fsp3) is 0.529. The fourth-order valence-corrected chi connectivity index (χ4v) is 3.28. The first-order valence-electron chi connectivity index (χ1n) is 8.56. The lowest BCUT2D eigenvalue weighted by Crippen LogP contribution is -3.15. The molecule has 1 aliphatic rings. The van der Waals surface area contributed by atoms with Gasteiger partial charge in [-0.2, -0.15) is 0 Å². The lowest BCUT2D eigenvalue weighted by molar-refractivity contribution is -0.885. The standard InChI is InChI=1S/C17H26N4O4S/c1-12(21(4)11-16(22)18-13-8-9-13)17(23)19-14-6-5-7-15(10-14)26(24,25)20(2)3/h5-7,10,12-13H,8-9,11H2,1-4H3,(H,18,22)(H,19,23)/p+1/t12-/m0/s1. The highest BCUT2D eigenvalue weighted by molar-refractivity contribution is 7.89. The van der Waals surface area contributed by atoms with Crippen molar-refractivity contribution < 1.29 is 22.9 Å². The molecule has 2 atom stereocenters. The first-order valence-corrected chi connectivity index (χ1v) is 10.0. The molecule has 1 aromatic rings. The van der Waals surface area contributed by atoms with Crippen LogP contribution in [0.25, 0.3) is 0 Å². The molecular weight excluding hydrogens is 356 g/mol. The van der Waals surface area contributed by atoms with Crippen LogP contribution >= 0.6 is 0 Å². The first-order chi connectivity index (χ1) is 12.1. The zero-order chi connectivity index (χ0) is 19.5. The maximum atomic E-state index is 12.4. The molecule has 1 saturated carbocycles. The van der Waals surface area contributed by atoms with Gasteiger partial charge in [0, 0.05) is 25.8 Å². The van der Waals surface area contributed by atoms with Gasteiger partial charge in [0.05, 0.1) is 11.9 Å². The second-order valence-electron chi connectivity index (χ2n) is 6.89. The smallest absolute Gasteiger partial charge is 0.282 e. The monoisotopic (exact) mass is 383 g/mol. The largest absolute Gasteiger partial charge is 0.348 e. The molecule has 0 heterocycles. The van der Waals surface area contributed by atoms with Crippen LogP contribution in [0.5, 0.6) is 0 Å². The molecule has 1 aliphatic carbocycles. The van der Waals surface area contributed by atoms with Crippen LogP contribution < -0.4 is 15.5 Å². The third kappa shape index (κ3) is 5.26. The molecule has 3 N–H and O–H groups in total. The van der Waals surface area contributed by atoms with Gasteiger partial charge in [-0.25, -0.2) is 12.7 Å². The molecule has 2 amide bonds. The van der Waals surface area contributed by atoms with Gasteiger partial charge in [-0.3, -0.25) is 9.59 Å². The number of carbonyl (C=O) groups excluding carboxylic acids is 2. The first kappa shape index (κ1) is 20.3. The van der Waals surface area contributed by atoms with Crippen LogP contribution in [-0.4, -0.2) is 64.3 Å². The minimum absolute atomic E-state index is 0.0660. The van der Waals surface area contributed by atoms with Gasteiger partial charge in [-0.1, -0.05) is 6.07 Å². The van der Waals surface area contributed by atoms with E-state index in [9.17, 15) is 18.0 Å². The summed E-state index contributed by atoms with van der Waals surface area (Å²) >= 11 is 0. The van der Waals surface area contributed by atoms with E-state index in [2.05, 4.69) is 10.6 Å².